The molecule has 0 aromatic heterocycles. The summed E-state index contributed by atoms with van der Waals surface area (Å²) in [4.78, 5) is 34.7. The maximum atomic E-state index is 13.1. The lowest BCUT2D eigenvalue weighted by atomic mass is 10.0. The van der Waals surface area contributed by atoms with Gasteiger partial charge in [0.15, 0.2) is 0 Å². The van der Waals surface area contributed by atoms with Crippen molar-refractivity contribution in [3.8, 4) is 0 Å². The number of carbonyl (C=O) groups excluding carboxylic acids is 2. The molecule has 24 heavy (non-hydrogen) atoms. The molecule has 0 unspecified atom stereocenters. The van der Waals surface area contributed by atoms with Gasteiger partial charge in [0.1, 0.15) is 17.7 Å². The van der Waals surface area contributed by atoms with Gasteiger partial charge < -0.3 is 15.2 Å². The number of benzene rings is 1. The minimum Gasteiger partial charge on any atom is -0.480 e. The zero-order valence-corrected chi connectivity index (χ0v) is 13.3. The van der Waals surface area contributed by atoms with Crippen LogP contribution in [0.15, 0.2) is 18.2 Å². The van der Waals surface area contributed by atoms with Crippen molar-refractivity contribution in [1.29, 1.82) is 0 Å². The summed E-state index contributed by atoms with van der Waals surface area (Å²) in [6, 6.07) is 1.33. The van der Waals surface area contributed by atoms with E-state index < -0.39 is 41.4 Å². The van der Waals surface area contributed by atoms with Gasteiger partial charge in [-0.05, 0) is 31.0 Å². The Morgan fingerprint density at radius 3 is 2.29 bits per heavy atom. The lowest BCUT2D eigenvalue weighted by Gasteiger charge is -2.18. The third-order valence-corrected chi connectivity index (χ3v) is 3.20. The first-order valence-electron chi connectivity index (χ1n) is 7.36. The monoisotopic (exact) mass is 343 g/mol. The van der Waals surface area contributed by atoms with Crippen molar-refractivity contribution in [2.45, 2.75) is 32.7 Å². The summed E-state index contributed by atoms with van der Waals surface area (Å²) in [5, 5.41) is 11.4. The number of carboxylic acids is 1. The van der Waals surface area contributed by atoms with Crippen LogP contribution < -0.4 is 5.32 Å². The van der Waals surface area contributed by atoms with Crippen LogP contribution in [0.5, 0.6) is 0 Å². The van der Waals surface area contributed by atoms with E-state index in [0.717, 1.165) is 12.1 Å². The highest BCUT2D eigenvalue weighted by Crippen LogP contribution is 2.11. The Kier molecular flexibility index (Phi) is 7.29. The van der Waals surface area contributed by atoms with E-state index in [1.807, 2.05) is 0 Å². The standard InChI is InChI=1S/C16H19F2NO5/c1-3-24-16(23)9(2)4-13(15(21)22)19-14(20)7-10-5-11(17)8-12(18)6-10/h5-6,8-9,13H,3-4,7H2,1-2H3,(H,19,20)(H,21,22)/t9-,13+/m0/s1. The molecule has 0 saturated carbocycles. The predicted molar refractivity (Wildman–Crippen MR) is 80.0 cm³/mol. The van der Waals surface area contributed by atoms with Crippen LogP contribution in [0.3, 0.4) is 0 Å². The van der Waals surface area contributed by atoms with Crippen molar-refractivity contribution in [2.24, 2.45) is 5.92 Å². The summed E-state index contributed by atoms with van der Waals surface area (Å²) in [5.74, 6) is -4.98. The minimum atomic E-state index is -1.31. The molecule has 2 N–H and O–H groups in total. The molecule has 132 valence electrons. The van der Waals surface area contributed by atoms with E-state index in [4.69, 9.17) is 9.84 Å². The van der Waals surface area contributed by atoms with Crippen molar-refractivity contribution in [3.63, 3.8) is 0 Å². The molecule has 0 aliphatic heterocycles. The Labute approximate surface area is 137 Å². The zero-order chi connectivity index (χ0) is 18.3. The summed E-state index contributed by atoms with van der Waals surface area (Å²) in [6.07, 6.45) is -0.538. The molecule has 0 radical (unpaired) electrons. The number of carbonyl (C=O) groups is 3. The summed E-state index contributed by atoms with van der Waals surface area (Å²) in [5.41, 5.74) is 0.0765. The van der Waals surface area contributed by atoms with Gasteiger partial charge >= 0.3 is 11.9 Å². The molecule has 2 atom stereocenters. The average Bonchev–Trinajstić information content (AvgIpc) is 2.45. The first-order valence-corrected chi connectivity index (χ1v) is 7.36. The van der Waals surface area contributed by atoms with Crippen LogP contribution in [0.1, 0.15) is 25.8 Å². The number of hydrogen-bond acceptors (Lipinski definition) is 4. The highest BCUT2D eigenvalue weighted by molar-refractivity contribution is 5.85. The van der Waals surface area contributed by atoms with E-state index in [2.05, 4.69) is 5.32 Å². The van der Waals surface area contributed by atoms with E-state index in [-0.39, 0.29) is 25.0 Å². The molecule has 6 nitrogen and oxygen atoms in total. The third-order valence-electron chi connectivity index (χ3n) is 3.20. The van der Waals surface area contributed by atoms with Crippen LogP contribution in [0.4, 0.5) is 8.78 Å². The largest absolute Gasteiger partial charge is 0.480 e. The Balaban J connectivity index is 2.69. The molecule has 0 bridgehead atoms. The summed E-state index contributed by atoms with van der Waals surface area (Å²) in [6.45, 7) is 3.28. The third kappa shape index (κ3) is 6.31. The van der Waals surface area contributed by atoms with Gasteiger partial charge in [-0.2, -0.15) is 0 Å². The molecule has 0 heterocycles. The van der Waals surface area contributed by atoms with Crippen molar-refractivity contribution >= 4 is 17.8 Å². The van der Waals surface area contributed by atoms with Crippen LogP contribution >= 0.6 is 0 Å². The normalized spacial score (nSPS) is 13.0. The Morgan fingerprint density at radius 1 is 1.21 bits per heavy atom. The second-order valence-electron chi connectivity index (χ2n) is 5.30. The predicted octanol–water partition coefficient (Wildman–Crippen LogP) is 1.67. The number of carboxylic acid groups (broad SMARTS) is 1. The highest BCUT2D eigenvalue weighted by atomic mass is 19.1. The van der Waals surface area contributed by atoms with Gasteiger partial charge in [-0.15, -0.1) is 0 Å². The first kappa shape index (κ1) is 19.5. The molecule has 8 heteroatoms. The van der Waals surface area contributed by atoms with Crippen molar-refractivity contribution in [2.75, 3.05) is 6.61 Å². The molecule has 0 aliphatic carbocycles. The molecule has 1 aromatic carbocycles. The van der Waals surface area contributed by atoms with Gasteiger partial charge in [0.25, 0.3) is 0 Å². The Bertz CT molecular complexity index is 600. The Morgan fingerprint density at radius 2 is 1.79 bits per heavy atom. The van der Waals surface area contributed by atoms with E-state index in [0.29, 0.717) is 6.07 Å². The molecular weight excluding hydrogens is 324 g/mol. The fraction of sp³-hybridized carbons (Fsp3) is 0.438. The molecule has 0 saturated heterocycles. The molecule has 1 rings (SSSR count). The highest BCUT2D eigenvalue weighted by Gasteiger charge is 2.26. The Hall–Kier alpha value is -2.51. The van der Waals surface area contributed by atoms with E-state index in [9.17, 15) is 23.2 Å². The lowest BCUT2D eigenvalue weighted by Crippen LogP contribution is -2.43. The van der Waals surface area contributed by atoms with Crippen LogP contribution in [-0.2, 0) is 25.5 Å². The van der Waals surface area contributed by atoms with Crippen molar-refractivity contribution < 1.29 is 33.0 Å². The number of hydrogen-bond donors (Lipinski definition) is 2. The van der Waals surface area contributed by atoms with Gasteiger partial charge in [0.05, 0.1) is 18.9 Å². The number of aliphatic carboxylic acids is 1. The number of nitrogens with one attached hydrogen (secondary N) is 1. The molecule has 1 amide bonds. The van der Waals surface area contributed by atoms with Crippen LogP contribution in [0.25, 0.3) is 0 Å². The van der Waals surface area contributed by atoms with Crippen molar-refractivity contribution in [1.82, 2.24) is 5.32 Å². The van der Waals surface area contributed by atoms with Gasteiger partial charge in [0, 0.05) is 6.07 Å². The van der Waals surface area contributed by atoms with E-state index >= 15 is 0 Å². The number of ether oxygens (including phenoxy) is 1. The average molecular weight is 343 g/mol. The second kappa shape index (κ2) is 8.95. The van der Waals surface area contributed by atoms with Crippen LogP contribution in [0, 0.1) is 17.6 Å². The number of amides is 1. The minimum absolute atomic E-state index is 0.0765. The molecular formula is C16H19F2NO5. The zero-order valence-electron chi connectivity index (χ0n) is 13.3. The van der Waals surface area contributed by atoms with E-state index in [1.165, 1.54) is 6.92 Å². The summed E-state index contributed by atoms with van der Waals surface area (Å²) in [7, 11) is 0. The molecule has 0 spiro atoms. The van der Waals surface area contributed by atoms with E-state index in [1.54, 1.807) is 6.92 Å². The van der Waals surface area contributed by atoms with Gasteiger partial charge in [0.2, 0.25) is 5.91 Å². The topological polar surface area (TPSA) is 92.7 Å². The smallest absolute Gasteiger partial charge is 0.326 e. The summed E-state index contributed by atoms with van der Waals surface area (Å²) < 4.78 is 31.0. The fourth-order valence-electron chi connectivity index (χ4n) is 2.10. The van der Waals surface area contributed by atoms with Gasteiger partial charge in [-0.1, -0.05) is 6.92 Å². The molecule has 1 aromatic rings. The fourth-order valence-corrected chi connectivity index (χ4v) is 2.10. The van der Waals surface area contributed by atoms with Crippen LogP contribution in [0.2, 0.25) is 0 Å². The second-order valence-corrected chi connectivity index (χ2v) is 5.30. The maximum Gasteiger partial charge on any atom is 0.326 e. The number of esters is 1. The molecule has 0 fully saturated rings. The lowest BCUT2D eigenvalue weighted by molar-refractivity contribution is -0.149. The number of halogens is 2. The summed E-state index contributed by atoms with van der Waals surface area (Å²) >= 11 is 0. The van der Waals surface area contributed by atoms with Gasteiger partial charge in [-0.3, -0.25) is 9.59 Å². The SMILES string of the molecule is CCOC(=O)[C@@H](C)C[C@@H](NC(=O)Cc1cc(F)cc(F)c1)C(=O)O. The first-order chi connectivity index (χ1) is 11.2. The van der Waals surface area contributed by atoms with Crippen molar-refractivity contribution in [3.05, 3.63) is 35.4 Å². The quantitative estimate of drug-likeness (QED) is 0.701. The number of rotatable bonds is 8. The van der Waals surface area contributed by atoms with Gasteiger partial charge in [-0.25, -0.2) is 13.6 Å². The van der Waals surface area contributed by atoms with Crippen LogP contribution in [-0.4, -0.2) is 35.6 Å². The molecule has 0 aliphatic rings. The maximum absolute atomic E-state index is 13.1.